The number of hydrogen-bond donors (Lipinski definition) is 1. The molecule has 1 aromatic carbocycles. The fourth-order valence-electron chi connectivity index (χ4n) is 2.97. The van der Waals surface area contributed by atoms with Crippen molar-refractivity contribution in [1.29, 1.82) is 0 Å². The van der Waals surface area contributed by atoms with E-state index in [0.717, 1.165) is 21.1 Å². The third kappa shape index (κ3) is 4.12. The molecule has 20 heavy (non-hydrogen) atoms. The molecule has 0 bridgehead atoms. The van der Waals surface area contributed by atoms with E-state index < -0.39 is 0 Å². The number of nitrogens with one attached hydrogen (secondary N) is 1. The van der Waals surface area contributed by atoms with Gasteiger partial charge in [-0.15, -0.1) is 0 Å². The molecule has 0 radical (unpaired) electrons. The van der Waals surface area contributed by atoms with Gasteiger partial charge >= 0.3 is 0 Å². The Balaban J connectivity index is 1.89. The second-order valence-corrected chi connectivity index (χ2v) is 6.91. The molecule has 1 fully saturated rings. The average Bonchev–Trinajstić information content (AvgIpc) is 2.45. The summed E-state index contributed by atoms with van der Waals surface area (Å²) in [5, 5.41) is 4.38. The number of rotatable bonds is 5. The van der Waals surface area contributed by atoms with Gasteiger partial charge in [0.15, 0.2) is 0 Å². The SMILES string of the molecule is CCCN1CCC(C(C)Nc2cccc(Cl)c2Br)CC1. The molecular formula is C16H24BrClN2. The van der Waals surface area contributed by atoms with E-state index in [-0.39, 0.29) is 0 Å². The normalized spacial score (nSPS) is 19.0. The number of anilines is 1. The van der Waals surface area contributed by atoms with Gasteiger partial charge in [0.25, 0.3) is 0 Å². The van der Waals surface area contributed by atoms with E-state index in [1.54, 1.807) is 0 Å². The first-order valence-electron chi connectivity index (χ1n) is 7.54. The molecule has 1 atom stereocenters. The number of halogens is 2. The number of nitrogens with zero attached hydrogens (tertiary/aromatic N) is 1. The molecule has 4 heteroatoms. The molecule has 1 saturated heterocycles. The Bertz CT molecular complexity index is 430. The third-order valence-corrected chi connectivity index (χ3v) is 5.61. The van der Waals surface area contributed by atoms with Gasteiger partial charge in [-0.2, -0.15) is 0 Å². The van der Waals surface area contributed by atoms with Gasteiger partial charge in [0.2, 0.25) is 0 Å². The van der Waals surface area contributed by atoms with E-state index in [4.69, 9.17) is 11.6 Å². The quantitative estimate of drug-likeness (QED) is 0.793. The van der Waals surface area contributed by atoms with Crippen LogP contribution in [0.15, 0.2) is 22.7 Å². The van der Waals surface area contributed by atoms with Crippen LogP contribution in [-0.2, 0) is 0 Å². The second kappa shape index (κ2) is 7.67. The van der Waals surface area contributed by atoms with E-state index in [1.807, 2.05) is 12.1 Å². The van der Waals surface area contributed by atoms with E-state index >= 15 is 0 Å². The minimum Gasteiger partial charge on any atom is -0.381 e. The Morgan fingerprint density at radius 3 is 2.75 bits per heavy atom. The molecule has 1 aromatic rings. The van der Waals surface area contributed by atoms with Crippen LogP contribution >= 0.6 is 27.5 Å². The summed E-state index contributed by atoms with van der Waals surface area (Å²) >= 11 is 9.70. The zero-order valence-corrected chi connectivity index (χ0v) is 14.7. The summed E-state index contributed by atoms with van der Waals surface area (Å²) in [7, 11) is 0. The van der Waals surface area contributed by atoms with E-state index in [9.17, 15) is 0 Å². The van der Waals surface area contributed by atoms with Crippen LogP contribution in [0.4, 0.5) is 5.69 Å². The van der Waals surface area contributed by atoms with Crippen LogP contribution in [-0.4, -0.2) is 30.6 Å². The van der Waals surface area contributed by atoms with Crippen molar-refractivity contribution in [3.8, 4) is 0 Å². The lowest BCUT2D eigenvalue weighted by Gasteiger charge is -2.35. The molecular weight excluding hydrogens is 336 g/mol. The fraction of sp³-hybridized carbons (Fsp3) is 0.625. The van der Waals surface area contributed by atoms with Crippen LogP contribution < -0.4 is 5.32 Å². The summed E-state index contributed by atoms with van der Waals surface area (Å²) in [6, 6.07) is 6.46. The van der Waals surface area contributed by atoms with Gasteiger partial charge in [-0.1, -0.05) is 24.6 Å². The molecule has 2 rings (SSSR count). The topological polar surface area (TPSA) is 15.3 Å². The average molecular weight is 360 g/mol. The number of likely N-dealkylation sites (tertiary alicyclic amines) is 1. The van der Waals surface area contributed by atoms with E-state index in [0.29, 0.717) is 6.04 Å². The summed E-state index contributed by atoms with van der Waals surface area (Å²) in [5.74, 6) is 0.744. The maximum atomic E-state index is 6.14. The fourth-order valence-corrected chi connectivity index (χ4v) is 3.52. The van der Waals surface area contributed by atoms with Gasteiger partial charge in [-0.25, -0.2) is 0 Å². The van der Waals surface area contributed by atoms with Crippen LogP contribution in [0, 0.1) is 5.92 Å². The monoisotopic (exact) mass is 358 g/mol. The Morgan fingerprint density at radius 2 is 2.10 bits per heavy atom. The summed E-state index contributed by atoms with van der Waals surface area (Å²) in [5.41, 5.74) is 1.10. The van der Waals surface area contributed by atoms with Crippen LogP contribution in [0.3, 0.4) is 0 Å². The maximum absolute atomic E-state index is 6.14. The molecule has 2 nitrogen and oxygen atoms in total. The minimum absolute atomic E-state index is 0.480. The molecule has 1 aliphatic rings. The number of piperidine rings is 1. The maximum Gasteiger partial charge on any atom is 0.0593 e. The Kier molecular flexibility index (Phi) is 6.19. The molecule has 0 spiro atoms. The third-order valence-electron chi connectivity index (χ3n) is 4.21. The molecule has 0 saturated carbocycles. The van der Waals surface area contributed by atoms with Crippen molar-refractivity contribution in [3.63, 3.8) is 0 Å². The minimum atomic E-state index is 0.480. The van der Waals surface area contributed by atoms with E-state index in [1.165, 1.54) is 38.9 Å². The predicted molar refractivity (Wildman–Crippen MR) is 91.7 cm³/mol. The van der Waals surface area contributed by atoms with Crippen molar-refractivity contribution in [2.75, 3.05) is 25.0 Å². The molecule has 1 heterocycles. The molecule has 0 aromatic heterocycles. The van der Waals surface area contributed by atoms with Crippen molar-refractivity contribution in [2.45, 2.75) is 39.2 Å². The van der Waals surface area contributed by atoms with Crippen molar-refractivity contribution in [1.82, 2.24) is 4.90 Å². The first-order valence-corrected chi connectivity index (χ1v) is 8.71. The van der Waals surface area contributed by atoms with Crippen LogP contribution in [0.25, 0.3) is 0 Å². The van der Waals surface area contributed by atoms with Crippen LogP contribution in [0.5, 0.6) is 0 Å². The summed E-state index contributed by atoms with van der Waals surface area (Å²) in [4.78, 5) is 2.58. The van der Waals surface area contributed by atoms with Gasteiger partial charge in [-0.3, -0.25) is 0 Å². The Morgan fingerprint density at radius 1 is 1.40 bits per heavy atom. The lowest BCUT2D eigenvalue weighted by atomic mass is 9.90. The lowest BCUT2D eigenvalue weighted by Crippen LogP contribution is -2.39. The summed E-state index contributed by atoms with van der Waals surface area (Å²) in [6.45, 7) is 8.26. The Hall–Kier alpha value is -0.250. The number of benzene rings is 1. The van der Waals surface area contributed by atoms with Crippen molar-refractivity contribution >= 4 is 33.2 Å². The first-order chi connectivity index (χ1) is 9.61. The van der Waals surface area contributed by atoms with Crippen molar-refractivity contribution in [3.05, 3.63) is 27.7 Å². The molecule has 1 N–H and O–H groups in total. The van der Waals surface area contributed by atoms with Gasteiger partial charge in [0.1, 0.15) is 0 Å². The smallest absolute Gasteiger partial charge is 0.0593 e. The standard InChI is InChI=1S/C16H24BrClN2/c1-3-9-20-10-7-13(8-11-20)12(2)19-15-6-4-5-14(18)16(15)17/h4-6,12-13,19H,3,7-11H2,1-2H3. The lowest BCUT2D eigenvalue weighted by molar-refractivity contribution is 0.176. The predicted octanol–water partition coefficient (Wildman–Crippen LogP) is 5.02. The van der Waals surface area contributed by atoms with Gasteiger partial charge in [-0.05, 0) is 79.8 Å². The van der Waals surface area contributed by atoms with Crippen LogP contribution in [0.2, 0.25) is 5.02 Å². The first kappa shape index (κ1) is 16.1. The highest BCUT2D eigenvalue weighted by atomic mass is 79.9. The molecule has 1 aliphatic heterocycles. The Labute approximate surface area is 136 Å². The highest BCUT2D eigenvalue weighted by Crippen LogP contribution is 2.32. The molecule has 1 unspecified atom stereocenters. The molecule has 0 aliphatic carbocycles. The highest BCUT2D eigenvalue weighted by Gasteiger charge is 2.23. The number of hydrogen-bond acceptors (Lipinski definition) is 2. The zero-order chi connectivity index (χ0) is 14.5. The largest absolute Gasteiger partial charge is 0.381 e. The van der Waals surface area contributed by atoms with Crippen LogP contribution in [0.1, 0.15) is 33.1 Å². The summed E-state index contributed by atoms with van der Waals surface area (Å²) in [6.07, 6.45) is 3.83. The van der Waals surface area contributed by atoms with Crippen molar-refractivity contribution in [2.24, 2.45) is 5.92 Å². The molecule has 112 valence electrons. The summed E-state index contributed by atoms with van der Waals surface area (Å²) < 4.78 is 0.969. The zero-order valence-electron chi connectivity index (χ0n) is 12.3. The van der Waals surface area contributed by atoms with Gasteiger partial charge in [0, 0.05) is 6.04 Å². The second-order valence-electron chi connectivity index (χ2n) is 5.71. The van der Waals surface area contributed by atoms with Gasteiger partial charge < -0.3 is 10.2 Å². The highest BCUT2D eigenvalue weighted by molar-refractivity contribution is 9.10. The van der Waals surface area contributed by atoms with Gasteiger partial charge in [0.05, 0.1) is 15.2 Å². The molecule has 0 amide bonds. The van der Waals surface area contributed by atoms with E-state index in [2.05, 4.69) is 46.1 Å². The van der Waals surface area contributed by atoms with Crippen molar-refractivity contribution < 1.29 is 0 Å².